The number of pyridine rings is 1. The van der Waals surface area contributed by atoms with E-state index in [9.17, 15) is 9.18 Å². The lowest BCUT2D eigenvalue weighted by Crippen LogP contribution is -2.47. The van der Waals surface area contributed by atoms with Crippen LogP contribution in [-0.4, -0.2) is 42.5 Å². The minimum absolute atomic E-state index is 0.000621. The number of benzene rings is 1. The Morgan fingerprint density at radius 2 is 2.08 bits per heavy atom. The summed E-state index contributed by atoms with van der Waals surface area (Å²) < 4.78 is 20.1. The Kier molecular flexibility index (Phi) is 4.36. The van der Waals surface area contributed by atoms with Crippen LogP contribution in [0.2, 0.25) is 0 Å². The summed E-state index contributed by atoms with van der Waals surface area (Å²) in [6.45, 7) is 1.42. The SMILES string of the molecule is CNc1cccc([C@@H]2CN(C(=O)C3(c4ccccc4F)CC3)CCO2)n1. The molecule has 0 spiro atoms. The van der Waals surface area contributed by atoms with Crippen molar-refractivity contribution in [3.05, 3.63) is 59.5 Å². The molecular weight excluding hydrogens is 333 g/mol. The van der Waals surface area contributed by atoms with Crippen LogP contribution in [0.1, 0.15) is 30.2 Å². The maximum Gasteiger partial charge on any atom is 0.233 e. The zero-order chi connectivity index (χ0) is 18.1. The molecule has 0 unspecified atom stereocenters. The van der Waals surface area contributed by atoms with Crippen LogP contribution in [-0.2, 0) is 14.9 Å². The normalized spacial score (nSPS) is 21.3. The van der Waals surface area contributed by atoms with Gasteiger partial charge in [0.1, 0.15) is 17.7 Å². The van der Waals surface area contributed by atoms with Gasteiger partial charge in [0.2, 0.25) is 5.91 Å². The monoisotopic (exact) mass is 355 g/mol. The highest BCUT2D eigenvalue weighted by Crippen LogP contribution is 2.50. The molecule has 2 aliphatic rings. The van der Waals surface area contributed by atoms with E-state index < -0.39 is 5.41 Å². The van der Waals surface area contributed by atoms with E-state index in [0.717, 1.165) is 11.5 Å². The van der Waals surface area contributed by atoms with Gasteiger partial charge in [-0.15, -0.1) is 0 Å². The first kappa shape index (κ1) is 17.0. The first-order valence-electron chi connectivity index (χ1n) is 8.95. The van der Waals surface area contributed by atoms with Gasteiger partial charge in [0.25, 0.3) is 0 Å². The molecule has 1 aliphatic heterocycles. The number of morpholine rings is 1. The van der Waals surface area contributed by atoms with Gasteiger partial charge in [-0.05, 0) is 31.0 Å². The van der Waals surface area contributed by atoms with Gasteiger partial charge in [0.05, 0.1) is 24.3 Å². The van der Waals surface area contributed by atoms with Gasteiger partial charge >= 0.3 is 0 Å². The maximum atomic E-state index is 14.3. The lowest BCUT2D eigenvalue weighted by Gasteiger charge is -2.35. The summed E-state index contributed by atoms with van der Waals surface area (Å²) in [5.74, 6) is 0.465. The predicted molar refractivity (Wildman–Crippen MR) is 96.4 cm³/mol. The van der Waals surface area contributed by atoms with E-state index in [-0.39, 0.29) is 17.8 Å². The summed E-state index contributed by atoms with van der Waals surface area (Å²) in [6.07, 6.45) is 1.13. The Labute approximate surface area is 152 Å². The number of amides is 1. The van der Waals surface area contributed by atoms with Gasteiger partial charge in [-0.25, -0.2) is 9.37 Å². The molecule has 136 valence electrons. The molecule has 1 saturated carbocycles. The molecule has 0 radical (unpaired) electrons. The zero-order valence-corrected chi connectivity index (χ0v) is 14.7. The van der Waals surface area contributed by atoms with E-state index in [1.807, 2.05) is 25.2 Å². The Morgan fingerprint density at radius 3 is 2.81 bits per heavy atom. The highest BCUT2D eigenvalue weighted by Gasteiger charge is 2.54. The molecule has 4 rings (SSSR count). The predicted octanol–water partition coefficient (Wildman–Crippen LogP) is 2.89. The number of nitrogens with one attached hydrogen (secondary N) is 1. The largest absolute Gasteiger partial charge is 0.373 e. The quantitative estimate of drug-likeness (QED) is 0.916. The van der Waals surface area contributed by atoms with Gasteiger partial charge in [-0.2, -0.15) is 0 Å². The minimum Gasteiger partial charge on any atom is -0.373 e. The fourth-order valence-electron chi connectivity index (χ4n) is 3.66. The van der Waals surface area contributed by atoms with Gasteiger partial charge < -0.3 is 15.0 Å². The molecule has 1 N–H and O–H groups in total. The average molecular weight is 355 g/mol. The van der Waals surface area contributed by atoms with Crippen molar-refractivity contribution in [3.63, 3.8) is 0 Å². The second-order valence-electron chi connectivity index (χ2n) is 6.87. The highest BCUT2D eigenvalue weighted by atomic mass is 19.1. The Morgan fingerprint density at radius 1 is 1.27 bits per heavy atom. The number of carbonyl (C=O) groups excluding carboxylic acids is 1. The van der Waals surface area contributed by atoms with E-state index in [0.29, 0.717) is 38.1 Å². The van der Waals surface area contributed by atoms with Crippen LogP contribution in [0.15, 0.2) is 42.5 Å². The molecule has 1 atom stereocenters. The summed E-state index contributed by atoms with van der Waals surface area (Å²) in [4.78, 5) is 19.5. The van der Waals surface area contributed by atoms with Crippen LogP contribution in [0.3, 0.4) is 0 Å². The molecule has 6 heteroatoms. The average Bonchev–Trinajstić information content (AvgIpc) is 3.49. The molecule has 1 aromatic carbocycles. The van der Waals surface area contributed by atoms with Crippen molar-refractivity contribution in [2.75, 3.05) is 32.1 Å². The smallest absolute Gasteiger partial charge is 0.233 e. The maximum absolute atomic E-state index is 14.3. The van der Waals surface area contributed by atoms with Crippen LogP contribution >= 0.6 is 0 Å². The Bertz CT molecular complexity index is 822. The highest BCUT2D eigenvalue weighted by molar-refractivity contribution is 5.91. The van der Waals surface area contributed by atoms with Crippen LogP contribution in [0, 0.1) is 5.82 Å². The van der Waals surface area contributed by atoms with E-state index in [1.54, 1.807) is 23.1 Å². The van der Waals surface area contributed by atoms with Crippen LogP contribution in [0.4, 0.5) is 10.2 Å². The van der Waals surface area contributed by atoms with Crippen LogP contribution in [0.25, 0.3) is 0 Å². The number of hydrogen-bond donors (Lipinski definition) is 1. The van der Waals surface area contributed by atoms with E-state index in [4.69, 9.17) is 4.74 Å². The fourth-order valence-corrected chi connectivity index (χ4v) is 3.66. The van der Waals surface area contributed by atoms with Crippen molar-refractivity contribution in [2.45, 2.75) is 24.4 Å². The lowest BCUT2D eigenvalue weighted by atomic mass is 9.93. The van der Waals surface area contributed by atoms with Gasteiger partial charge in [0, 0.05) is 19.2 Å². The number of carbonyl (C=O) groups is 1. The Hall–Kier alpha value is -2.47. The second-order valence-corrected chi connectivity index (χ2v) is 6.87. The lowest BCUT2D eigenvalue weighted by molar-refractivity contribution is -0.142. The number of ether oxygens (including phenoxy) is 1. The molecule has 2 heterocycles. The van der Waals surface area contributed by atoms with Gasteiger partial charge in [-0.3, -0.25) is 4.79 Å². The molecule has 0 bridgehead atoms. The summed E-state index contributed by atoms with van der Waals surface area (Å²) >= 11 is 0. The molecule has 1 amide bonds. The summed E-state index contributed by atoms with van der Waals surface area (Å²) in [7, 11) is 1.81. The molecule has 1 aliphatic carbocycles. The van der Waals surface area contributed by atoms with Crippen molar-refractivity contribution < 1.29 is 13.9 Å². The number of nitrogens with zero attached hydrogens (tertiary/aromatic N) is 2. The fraction of sp³-hybridized carbons (Fsp3) is 0.400. The number of aromatic nitrogens is 1. The Balaban J connectivity index is 1.54. The third-order valence-corrected chi connectivity index (χ3v) is 5.26. The molecule has 26 heavy (non-hydrogen) atoms. The molecule has 2 aromatic rings. The molecule has 5 nitrogen and oxygen atoms in total. The molecule has 1 saturated heterocycles. The van der Waals surface area contributed by atoms with E-state index >= 15 is 0 Å². The first-order valence-corrected chi connectivity index (χ1v) is 8.95. The molecular formula is C20H22FN3O2. The number of rotatable bonds is 4. The minimum atomic E-state index is -0.701. The van der Waals surface area contributed by atoms with Crippen molar-refractivity contribution >= 4 is 11.7 Å². The summed E-state index contributed by atoms with van der Waals surface area (Å²) in [5, 5.41) is 3.01. The molecule has 1 aromatic heterocycles. The van der Waals surface area contributed by atoms with Crippen LogP contribution in [0.5, 0.6) is 0 Å². The second kappa shape index (κ2) is 6.68. The standard InChI is InChI=1S/C20H22FN3O2/c1-22-18-8-4-7-16(23-18)17-13-24(11-12-26-17)19(25)20(9-10-20)14-5-2-3-6-15(14)21/h2-8,17H,9-13H2,1H3,(H,22,23)/t17-/m0/s1. The van der Waals surface area contributed by atoms with Crippen molar-refractivity contribution in [2.24, 2.45) is 0 Å². The summed E-state index contributed by atoms with van der Waals surface area (Å²) in [6, 6.07) is 12.3. The third-order valence-electron chi connectivity index (χ3n) is 5.26. The zero-order valence-electron chi connectivity index (χ0n) is 14.7. The number of anilines is 1. The van der Waals surface area contributed by atoms with Crippen molar-refractivity contribution in [3.8, 4) is 0 Å². The third kappa shape index (κ3) is 2.94. The van der Waals surface area contributed by atoms with Crippen molar-refractivity contribution in [1.82, 2.24) is 9.88 Å². The van der Waals surface area contributed by atoms with E-state index in [2.05, 4.69) is 10.3 Å². The summed E-state index contributed by atoms with van der Waals surface area (Å²) in [5.41, 5.74) is 0.612. The topological polar surface area (TPSA) is 54.5 Å². The number of halogens is 1. The van der Waals surface area contributed by atoms with Gasteiger partial charge in [-0.1, -0.05) is 24.3 Å². The molecule has 2 fully saturated rings. The first-order chi connectivity index (χ1) is 12.6. The van der Waals surface area contributed by atoms with Crippen molar-refractivity contribution in [1.29, 1.82) is 0 Å². The number of hydrogen-bond acceptors (Lipinski definition) is 4. The van der Waals surface area contributed by atoms with E-state index in [1.165, 1.54) is 6.07 Å². The van der Waals surface area contributed by atoms with Gasteiger partial charge in [0.15, 0.2) is 0 Å². The van der Waals surface area contributed by atoms with Crippen LogP contribution < -0.4 is 5.32 Å².